The molecule has 1 aliphatic rings. The summed E-state index contributed by atoms with van der Waals surface area (Å²) in [7, 11) is 0. The van der Waals surface area contributed by atoms with Gasteiger partial charge in [-0.15, -0.1) is 11.3 Å². The molecule has 0 bridgehead atoms. The van der Waals surface area contributed by atoms with Crippen LogP contribution in [0.2, 0.25) is 0 Å². The molecule has 0 amide bonds. The van der Waals surface area contributed by atoms with Crippen LogP contribution in [0.5, 0.6) is 0 Å². The fourth-order valence-corrected chi connectivity index (χ4v) is 2.89. The monoisotopic (exact) mass is 229 g/mol. The van der Waals surface area contributed by atoms with Crippen molar-refractivity contribution in [2.75, 3.05) is 0 Å². The molecule has 0 aliphatic heterocycles. The third kappa shape index (κ3) is 1.27. The van der Waals surface area contributed by atoms with Crippen molar-refractivity contribution in [3.63, 3.8) is 0 Å². The first-order chi connectivity index (χ1) is 5.27. The second kappa shape index (κ2) is 2.72. The molecule has 0 saturated carbocycles. The molecule has 1 aliphatic carbocycles. The molecule has 1 nitrogen and oxygen atoms in total. The number of thiazole rings is 1. The van der Waals surface area contributed by atoms with E-state index in [2.05, 4.69) is 27.5 Å². The summed E-state index contributed by atoms with van der Waals surface area (Å²) in [5.74, 6) is 0. The Labute approximate surface area is 78.3 Å². The smallest absolute Gasteiger partial charge is 0.159 e. The highest BCUT2D eigenvalue weighted by molar-refractivity contribution is 9.11. The molecule has 0 saturated heterocycles. The Morgan fingerprint density at radius 2 is 2.27 bits per heavy atom. The van der Waals surface area contributed by atoms with Gasteiger partial charge in [-0.3, -0.25) is 0 Å². The molecule has 0 spiro atoms. The minimum absolute atomic E-state index is 0.991. The molecule has 11 heavy (non-hydrogen) atoms. The average Bonchev–Trinajstić information content (AvgIpc) is 2.31. The molecule has 2 rings (SSSR count). The largest absolute Gasteiger partial charge is 0.233 e. The Morgan fingerprint density at radius 1 is 1.45 bits per heavy atom. The summed E-state index contributed by atoms with van der Waals surface area (Å²) in [6, 6.07) is 0. The van der Waals surface area contributed by atoms with Crippen LogP contribution in [0.4, 0.5) is 0 Å². The topological polar surface area (TPSA) is 12.9 Å². The first-order valence-corrected chi connectivity index (χ1v) is 5.21. The number of allylic oxidation sites excluding steroid dienone is 1. The highest BCUT2D eigenvalue weighted by Gasteiger charge is 2.16. The highest BCUT2D eigenvalue weighted by atomic mass is 79.9. The van der Waals surface area contributed by atoms with Gasteiger partial charge in [0.05, 0.1) is 10.6 Å². The lowest BCUT2D eigenvalue weighted by Gasteiger charge is -2.10. The van der Waals surface area contributed by atoms with Gasteiger partial charge in [-0.2, -0.15) is 0 Å². The average molecular weight is 230 g/mol. The summed E-state index contributed by atoms with van der Waals surface area (Å²) in [6.45, 7) is 4.02. The number of hydrogen-bond acceptors (Lipinski definition) is 2. The SMILES string of the molecule is C=C1CCCc2nc(Br)sc21. The zero-order valence-corrected chi connectivity index (χ0v) is 8.46. The van der Waals surface area contributed by atoms with Crippen LogP contribution in [0.3, 0.4) is 0 Å². The number of hydrogen-bond donors (Lipinski definition) is 0. The lowest BCUT2D eigenvalue weighted by molar-refractivity contribution is 0.805. The zero-order valence-electron chi connectivity index (χ0n) is 6.06. The van der Waals surface area contributed by atoms with Gasteiger partial charge >= 0.3 is 0 Å². The van der Waals surface area contributed by atoms with E-state index in [1.54, 1.807) is 11.3 Å². The molecule has 1 aromatic rings. The molecule has 0 atom stereocenters. The number of fused-ring (bicyclic) bond motifs is 1. The normalized spacial score (nSPS) is 16.6. The van der Waals surface area contributed by atoms with Gasteiger partial charge in [0.15, 0.2) is 3.92 Å². The first kappa shape index (κ1) is 7.50. The number of aromatic nitrogens is 1. The van der Waals surface area contributed by atoms with E-state index in [-0.39, 0.29) is 0 Å². The first-order valence-electron chi connectivity index (χ1n) is 3.61. The Balaban J connectivity index is 2.52. The molecule has 0 N–H and O–H groups in total. The van der Waals surface area contributed by atoms with Crippen molar-refractivity contribution >= 4 is 32.8 Å². The Bertz CT molecular complexity index is 303. The maximum Gasteiger partial charge on any atom is 0.159 e. The molecule has 0 unspecified atom stereocenters. The molecule has 0 fully saturated rings. The van der Waals surface area contributed by atoms with Crippen LogP contribution in [-0.4, -0.2) is 4.98 Å². The molecular formula is C8H8BrNS. The molecule has 58 valence electrons. The van der Waals surface area contributed by atoms with Gasteiger partial charge in [0.25, 0.3) is 0 Å². The van der Waals surface area contributed by atoms with Crippen LogP contribution in [0.1, 0.15) is 23.4 Å². The van der Waals surface area contributed by atoms with E-state index in [1.165, 1.54) is 22.6 Å². The van der Waals surface area contributed by atoms with Crippen molar-refractivity contribution in [3.8, 4) is 0 Å². The number of aryl methyl sites for hydroxylation is 1. The third-order valence-corrected chi connectivity index (χ3v) is 3.54. The molecule has 0 aromatic carbocycles. The lowest BCUT2D eigenvalue weighted by Crippen LogP contribution is -1.97. The van der Waals surface area contributed by atoms with Crippen LogP contribution in [0, 0.1) is 0 Å². The molecule has 1 aromatic heterocycles. The van der Waals surface area contributed by atoms with E-state index in [1.807, 2.05) is 0 Å². The minimum Gasteiger partial charge on any atom is -0.233 e. The van der Waals surface area contributed by atoms with Crippen LogP contribution in [-0.2, 0) is 6.42 Å². The van der Waals surface area contributed by atoms with Gasteiger partial charge in [-0.1, -0.05) is 6.58 Å². The van der Waals surface area contributed by atoms with Gasteiger partial charge in [-0.25, -0.2) is 4.98 Å². The Kier molecular flexibility index (Phi) is 1.85. The second-order valence-corrected chi connectivity index (χ2v) is 4.97. The summed E-state index contributed by atoms with van der Waals surface area (Å²) in [5.41, 5.74) is 2.49. The van der Waals surface area contributed by atoms with E-state index in [4.69, 9.17) is 0 Å². The quantitative estimate of drug-likeness (QED) is 0.666. The standard InChI is InChI=1S/C8H8BrNS/c1-5-3-2-4-6-7(5)11-8(9)10-6/h1-4H2. The molecule has 3 heteroatoms. The Hall–Kier alpha value is -0.150. The van der Waals surface area contributed by atoms with E-state index in [0.29, 0.717) is 0 Å². The van der Waals surface area contributed by atoms with E-state index in [0.717, 1.165) is 16.8 Å². The van der Waals surface area contributed by atoms with Crippen molar-refractivity contribution in [2.45, 2.75) is 19.3 Å². The Morgan fingerprint density at radius 3 is 3.00 bits per heavy atom. The number of halogens is 1. The van der Waals surface area contributed by atoms with Crippen molar-refractivity contribution in [1.82, 2.24) is 4.98 Å². The van der Waals surface area contributed by atoms with Crippen LogP contribution in [0.15, 0.2) is 10.5 Å². The van der Waals surface area contributed by atoms with Crippen molar-refractivity contribution in [2.24, 2.45) is 0 Å². The van der Waals surface area contributed by atoms with Gasteiger partial charge in [0.2, 0.25) is 0 Å². The predicted octanol–water partition coefficient (Wildman–Crippen LogP) is 3.26. The fourth-order valence-electron chi connectivity index (χ4n) is 1.35. The van der Waals surface area contributed by atoms with Crippen LogP contribution >= 0.6 is 27.3 Å². The summed E-state index contributed by atoms with van der Waals surface area (Å²) in [5, 5.41) is 0. The summed E-state index contributed by atoms with van der Waals surface area (Å²) in [4.78, 5) is 5.68. The van der Waals surface area contributed by atoms with Crippen molar-refractivity contribution in [3.05, 3.63) is 21.1 Å². The molecule has 0 radical (unpaired) electrons. The zero-order chi connectivity index (χ0) is 7.84. The van der Waals surface area contributed by atoms with Crippen LogP contribution in [0.25, 0.3) is 5.57 Å². The highest BCUT2D eigenvalue weighted by Crippen LogP contribution is 2.35. The molecule has 1 heterocycles. The van der Waals surface area contributed by atoms with Crippen molar-refractivity contribution < 1.29 is 0 Å². The fraction of sp³-hybridized carbons (Fsp3) is 0.375. The van der Waals surface area contributed by atoms with E-state index < -0.39 is 0 Å². The van der Waals surface area contributed by atoms with E-state index in [9.17, 15) is 0 Å². The maximum atomic E-state index is 4.38. The van der Waals surface area contributed by atoms with Gasteiger partial charge in [0.1, 0.15) is 0 Å². The summed E-state index contributed by atoms with van der Waals surface area (Å²) in [6.07, 6.45) is 3.47. The lowest BCUT2D eigenvalue weighted by atomic mass is 9.99. The second-order valence-electron chi connectivity index (χ2n) is 2.70. The van der Waals surface area contributed by atoms with Gasteiger partial charge in [-0.05, 0) is 40.8 Å². The van der Waals surface area contributed by atoms with Crippen molar-refractivity contribution in [1.29, 1.82) is 0 Å². The molecular weight excluding hydrogens is 222 g/mol. The number of nitrogens with zero attached hydrogens (tertiary/aromatic N) is 1. The maximum absolute atomic E-state index is 4.38. The number of rotatable bonds is 0. The minimum atomic E-state index is 0.991. The van der Waals surface area contributed by atoms with Gasteiger partial charge < -0.3 is 0 Å². The summed E-state index contributed by atoms with van der Waals surface area (Å²) < 4.78 is 0.991. The summed E-state index contributed by atoms with van der Waals surface area (Å²) >= 11 is 5.09. The predicted molar refractivity (Wildman–Crippen MR) is 51.8 cm³/mol. The third-order valence-electron chi connectivity index (χ3n) is 1.88. The van der Waals surface area contributed by atoms with Gasteiger partial charge in [0, 0.05) is 0 Å². The van der Waals surface area contributed by atoms with E-state index >= 15 is 0 Å². The van der Waals surface area contributed by atoms with Crippen LogP contribution < -0.4 is 0 Å².